The standard InChI is InChI=1S/C11H14O2.C9H10O2/c1-9-4-3-5-10(8-9)6-7-11(12)13-2;10-9(11)7-6-8-4-2-1-3-5-8/h3-5,8H,6-7H2,1-2H3;1-5H,6-7H2,(H,10,11). The van der Waals surface area contributed by atoms with Gasteiger partial charge >= 0.3 is 11.9 Å². The summed E-state index contributed by atoms with van der Waals surface area (Å²) in [5.74, 6) is -0.893. The lowest BCUT2D eigenvalue weighted by molar-refractivity contribution is -0.140. The number of aliphatic carboxylic acids is 1. The van der Waals surface area contributed by atoms with Gasteiger partial charge < -0.3 is 9.84 Å². The first-order chi connectivity index (χ1) is 11.5. The van der Waals surface area contributed by atoms with Crippen LogP contribution in [0.25, 0.3) is 0 Å². The molecule has 0 amide bonds. The van der Waals surface area contributed by atoms with Crippen LogP contribution < -0.4 is 0 Å². The molecular formula is C20H24O4. The number of carboxylic acids is 1. The Morgan fingerprint density at radius 3 is 2.12 bits per heavy atom. The Labute approximate surface area is 143 Å². The molecule has 0 spiro atoms. The lowest BCUT2D eigenvalue weighted by Gasteiger charge is -2.01. The molecule has 2 aromatic rings. The average molecular weight is 328 g/mol. The fourth-order valence-corrected chi connectivity index (χ4v) is 2.11. The summed E-state index contributed by atoms with van der Waals surface area (Å²) < 4.78 is 4.56. The zero-order valence-corrected chi connectivity index (χ0v) is 14.2. The molecule has 0 heterocycles. The number of aryl methyl sites for hydroxylation is 3. The number of carboxylic acid groups (broad SMARTS) is 1. The minimum absolute atomic E-state index is 0.151. The van der Waals surface area contributed by atoms with Gasteiger partial charge in [-0.25, -0.2) is 0 Å². The molecule has 0 aliphatic carbocycles. The zero-order chi connectivity index (χ0) is 17.8. The van der Waals surface area contributed by atoms with Gasteiger partial charge in [-0.15, -0.1) is 0 Å². The van der Waals surface area contributed by atoms with E-state index >= 15 is 0 Å². The van der Waals surface area contributed by atoms with Crippen LogP contribution in [0.3, 0.4) is 0 Å². The van der Waals surface area contributed by atoms with Gasteiger partial charge in [0.2, 0.25) is 0 Å². The van der Waals surface area contributed by atoms with Crippen molar-refractivity contribution in [3.8, 4) is 0 Å². The first-order valence-corrected chi connectivity index (χ1v) is 7.89. The topological polar surface area (TPSA) is 63.6 Å². The second-order valence-corrected chi connectivity index (χ2v) is 5.44. The van der Waals surface area contributed by atoms with E-state index in [1.54, 1.807) is 0 Å². The predicted molar refractivity (Wildman–Crippen MR) is 93.9 cm³/mol. The van der Waals surface area contributed by atoms with Crippen LogP contribution in [-0.4, -0.2) is 24.2 Å². The van der Waals surface area contributed by atoms with Crippen molar-refractivity contribution in [3.63, 3.8) is 0 Å². The van der Waals surface area contributed by atoms with E-state index < -0.39 is 5.97 Å². The van der Waals surface area contributed by atoms with Crippen LogP contribution in [0.1, 0.15) is 29.5 Å². The number of hydrogen-bond acceptors (Lipinski definition) is 3. The van der Waals surface area contributed by atoms with E-state index in [-0.39, 0.29) is 12.4 Å². The van der Waals surface area contributed by atoms with Crippen molar-refractivity contribution >= 4 is 11.9 Å². The van der Waals surface area contributed by atoms with Crippen LogP contribution in [0, 0.1) is 6.92 Å². The van der Waals surface area contributed by atoms with E-state index in [9.17, 15) is 9.59 Å². The molecule has 0 fully saturated rings. The van der Waals surface area contributed by atoms with Crippen LogP contribution >= 0.6 is 0 Å². The maximum Gasteiger partial charge on any atom is 0.305 e. The Balaban J connectivity index is 0.000000243. The van der Waals surface area contributed by atoms with Gasteiger partial charge in [0.25, 0.3) is 0 Å². The molecule has 0 aliphatic rings. The number of esters is 1. The summed E-state index contributed by atoms with van der Waals surface area (Å²) in [6.07, 6.45) is 2.05. The fourth-order valence-electron chi connectivity index (χ4n) is 2.11. The van der Waals surface area contributed by atoms with E-state index in [2.05, 4.69) is 10.8 Å². The minimum atomic E-state index is -0.742. The monoisotopic (exact) mass is 328 g/mol. The summed E-state index contributed by atoms with van der Waals surface area (Å²) in [4.78, 5) is 21.0. The molecule has 2 aromatic carbocycles. The molecule has 0 unspecified atom stereocenters. The van der Waals surface area contributed by atoms with Crippen LogP contribution in [0.2, 0.25) is 0 Å². The quantitative estimate of drug-likeness (QED) is 0.819. The second kappa shape index (κ2) is 11.0. The van der Waals surface area contributed by atoms with Crippen molar-refractivity contribution in [2.24, 2.45) is 0 Å². The van der Waals surface area contributed by atoms with Crippen LogP contribution in [-0.2, 0) is 27.2 Å². The van der Waals surface area contributed by atoms with E-state index in [1.165, 1.54) is 18.2 Å². The molecule has 1 N–H and O–H groups in total. The number of hydrogen-bond donors (Lipinski definition) is 1. The van der Waals surface area contributed by atoms with Crippen LogP contribution in [0.5, 0.6) is 0 Å². The van der Waals surface area contributed by atoms with E-state index in [0.29, 0.717) is 12.8 Å². The Morgan fingerprint density at radius 1 is 0.917 bits per heavy atom. The van der Waals surface area contributed by atoms with Gasteiger partial charge in [0, 0.05) is 12.8 Å². The lowest BCUT2D eigenvalue weighted by Crippen LogP contribution is -2.01. The number of methoxy groups -OCH3 is 1. The fraction of sp³-hybridized carbons (Fsp3) is 0.300. The molecule has 128 valence electrons. The highest BCUT2D eigenvalue weighted by atomic mass is 16.5. The highest BCUT2D eigenvalue weighted by Crippen LogP contribution is 2.06. The summed E-state index contributed by atoms with van der Waals surface area (Å²) in [6.45, 7) is 2.04. The molecule has 0 saturated carbocycles. The molecule has 0 aliphatic heterocycles. The van der Waals surface area contributed by atoms with Crippen molar-refractivity contribution in [2.45, 2.75) is 32.6 Å². The summed E-state index contributed by atoms with van der Waals surface area (Å²) in [7, 11) is 1.42. The summed E-state index contributed by atoms with van der Waals surface area (Å²) in [5.41, 5.74) is 3.49. The molecule has 0 saturated heterocycles. The molecule has 0 aromatic heterocycles. The largest absolute Gasteiger partial charge is 0.481 e. The molecule has 0 bridgehead atoms. The summed E-state index contributed by atoms with van der Waals surface area (Å²) in [5, 5.41) is 8.37. The minimum Gasteiger partial charge on any atom is -0.481 e. The Kier molecular flexibility index (Phi) is 8.90. The van der Waals surface area contributed by atoms with Crippen molar-refractivity contribution in [3.05, 3.63) is 71.3 Å². The number of ether oxygens (including phenoxy) is 1. The zero-order valence-electron chi connectivity index (χ0n) is 14.2. The van der Waals surface area contributed by atoms with E-state index in [0.717, 1.165) is 12.0 Å². The third-order valence-corrected chi connectivity index (χ3v) is 3.40. The van der Waals surface area contributed by atoms with Crippen molar-refractivity contribution in [2.75, 3.05) is 7.11 Å². The Hall–Kier alpha value is -2.62. The maximum atomic E-state index is 10.8. The molecule has 0 radical (unpaired) electrons. The number of carbonyl (C=O) groups excluding carboxylic acids is 1. The number of carbonyl (C=O) groups is 2. The summed E-state index contributed by atoms with van der Waals surface area (Å²) >= 11 is 0. The SMILES string of the molecule is COC(=O)CCc1cccc(C)c1.O=C(O)CCc1ccccc1. The van der Waals surface area contributed by atoms with Gasteiger partial charge in [0.05, 0.1) is 7.11 Å². The molecular weight excluding hydrogens is 304 g/mol. The van der Waals surface area contributed by atoms with Gasteiger partial charge in [0.1, 0.15) is 0 Å². The number of benzene rings is 2. The highest BCUT2D eigenvalue weighted by Gasteiger charge is 2.00. The third kappa shape index (κ3) is 8.73. The molecule has 0 atom stereocenters. The van der Waals surface area contributed by atoms with Gasteiger partial charge in [0.15, 0.2) is 0 Å². The normalized spacial score (nSPS) is 9.58. The number of rotatable bonds is 6. The van der Waals surface area contributed by atoms with Crippen molar-refractivity contribution in [1.29, 1.82) is 0 Å². The van der Waals surface area contributed by atoms with Crippen molar-refractivity contribution in [1.82, 2.24) is 0 Å². The Morgan fingerprint density at radius 2 is 1.54 bits per heavy atom. The smallest absolute Gasteiger partial charge is 0.305 e. The maximum absolute atomic E-state index is 10.8. The first kappa shape index (κ1) is 19.4. The van der Waals surface area contributed by atoms with Gasteiger partial charge in [-0.1, -0.05) is 60.2 Å². The average Bonchev–Trinajstić information content (AvgIpc) is 2.59. The first-order valence-electron chi connectivity index (χ1n) is 7.89. The van der Waals surface area contributed by atoms with E-state index in [4.69, 9.17) is 5.11 Å². The van der Waals surface area contributed by atoms with Gasteiger partial charge in [-0.05, 0) is 30.9 Å². The predicted octanol–water partition coefficient (Wildman–Crippen LogP) is 3.80. The molecule has 4 nitrogen and oxygen atoms in total. The van der Waals surface area contributed by atoms with Gasteiger partial charge in [-0.2, -0.15) is 0 Å². The van der Waals surface area contributed by atoms with Crippen LogP contribution in [0.4, 0.5) is 0 Å². The second-order valence-electron chi connectivity index (χ2n) is 5.44. The highest BCUT2D eigenvalue weighted by molar-refractivity contribution is 5.69. The molecule has 24 heavy (non-hydrogen) atoms. The molecule has 4 heteroatoms. The molecule has 2 rings (SSSR count). The van der Waals surface area contributed by atoms with Crippen LogP contribution in [0.15, 0.2) is 54.6 Å². The van der Waals surface area contributed by atoms with E-state index in [1.807, 2.05) is 55.5 Å². The summed E-state index contributed by atoms with van der Waals surface area (Å²) in [6, 6.07) is 17.8. The van der Waals surface area contributed by atoms with Crippen molar-refractivity contribution < 1.29 is 19.4 Å². The van der Waals surface area contributed by atoms with Gasteiger partial charge in [-0.3, -0.25) is 9.59 Å². The third-order valence-electron chi connectivity index (χ3n) is 3.40. The lowest BCUT2D eigenvalue weighted by atomic mass is 10.1. The Bertz CT molecular complexity index is 635.